The van der Waals surface area contributed by atoms with E-state index in [1.165, 1.54) is 0 Å². The molecule has 0 radical (unpaired) electrons. The van der Waals surface area contributed by atoms with Gasteiger partial charge in [0.1, 0.15) is 0 Å². The fraction of sp³-hybridized carbons (Fsp3) is 0.444. The second kappa shape index (κ2) is 5.74. The molecule has 0 aliphatic carbocycles. The van der Waals surface area contributed by atoms with Gasteiger partial charge in [-0.05, 0) is 29.9 Å². The van der Waals surface area contributed by atoms with Gasteiger partial charge >= 0.3 is 0 Å². The third-order valence-electron chi connectivity index (χ3n) is 3.44. The highest BCUT2D eigenvalue weighted by Crippen LogP contribution is 2.28. The maximum absolute atomic E-state index is 12.5. The van der Waals surface area contributed by atoms with E-state index in [-0.39, 0.29) is 11.2 Å². The Morgan fingerprint density at radius 1 is 1.20 bits per heavy atom. The molecule has 0 spiro atoms. The van der Waals surface area contributed by atoms with Gasteiger partial charge in [0, 0.05) is 23.6 Å². The van der Waals surface area contributed by atoms with Crippen LogP contribution < -0.4 is 0 Å². The van der Waals surface area contributed by atoms with Gasteiger partial charge in [-0.15, -0.1) is 0 Å². The minimum absolute atomic E-state index is 0.223. The molecule has 2 heteroatoms. The third-order valence-corrected chi connectivity index (χ3v) is 3.44. The first-order chi connectivity index (χ1) is 9.37. The van der Waals surface area contributed by atoms with Crippen LogP contribution in [0.5, 0.6) is 0 Å². The van der Waals surface area contributed by atoms with E-state index in [9.17, 15) is 4.79 Å². The number of ketones is 1. The first kappa shape index (κ1) is 14.7. The third kappa shape index (κ3) is 3.66. The average molecular weight is 269 g/mol. The van der Waals surface area contributed by atoms with E-state index in [0.29, 0.717) is 12.3 Å². The number of nitrogens with zero attached hydrogens (tertiary/aromatic N) is 1. The first-order valence-corrected chi connectivity index (χ1v) is 7.24. The van der Waals surface area contributed by atoms with Crippen molar-refractivity contribution in [3.05, 3.63) is 42.1 Å². The van der Waals surface area contributed by atoms with Gasteiger partial charge in [-0.1, -0.05) is 45.9 Å². The molecule has 1 atom stereocenters. The molecule has 0 N–H and O–H groups in total. The quantitative estimate of drug-likeness (QED) is 0.740. The molecule has 2 aromatic rings. The van der Waals surface area contributed by atoms with Crippen molar-refractivity contribution in [3.8, 4) is 0 Å². The van der Waals surface area contributed by atoms with Gasteiger partial charge in [0.05, 0.1) is 5.52 Å². The molecule has 0 bridgehead atoms. The highest BCUT2D eigenvalue weighted by molar-refractivity contribution is 6.07. The lowest BCUT2D eigenvalue weighted by Gasteiger charge is -2.22. The van der Waals surface area contributed by atoms with Gasteiger partial charge in [-0.2, -0.15) is 0 Å². The number of hydrogen-bond acceptors (Lipinski definition) is 2. The molecule has 1 aromatic heterocycles. The van der Waals surface area contributed by atoms with E-state index in [1.54, 1.807) is 6.20 Å². The van der Waals surface area contributed by atoms with Crippen LogP contribution in [0.1, 0.15) is 50.9 Å². The Bertz CT molecular complexity index is 605. The normalized spacial score (nSPS) is 13.4. The van der Waals surface area contributed by atoms with Crippen molar-refractivity contribution in [3.63, 3.8) is 0 Å². The van der Waals surface area contributed by atoms with Crippen LogP contribution in [0.3, 0.4) is 0 Å². The number of hydrogen-bond donors (Lipinski definition) is 0. The summed E-state index contributed by atoms with van der Waals surface area (Å²) in [5.74, 6) is 0.620. The predicted octanol–water partition coefficient (Wildman–Crippen LogP) is 4.88. The van der Waals surface area contributed by atoms with E-state index in [1.807, 2.05) is 30.3 Å². The smallest absolute Gasteiger partial charge is 0.163 e. The molecule has 2 rings (SSSR count). The predicted molar refractivity (Wildman–Crippen MR) is 83.9 cm³/mol. The van der Waals surface area contributed by atoms with E-state index >= 15 is 0 Å². The van der Waals surface area contributed by atoms with Crippen molar-refractivity contribution in [2.75, 3.05) is 0 Å². The molecule has 0 aliphatic rings. The van der Waals surface area contributed by atoms with Crippen LogP contribution in [0.2, 0.25) is 0 Å². The molecule has 0 fully saturated rings. The summed E-state index contributed by atoms with van der Waals surface area (Å²) in [6.45, 7) is 8.81. The Hall–Kier alpha value is -1.70. The SMILES string of the molecule is CC(CC(=O)c1cccc2ncccc12)CC(C)(C)C. The number of carbonyl (C=O) groups excluding carboxylic acids is 1. The van der Waals surface area contributed by atoms with Crippen molar-refractivity contribution < 1.29 is 4.79 Å². The minimum Gasteiger partial charge on any atom is -0.294 e. The molecule has 0 amide bonds. The zero-order valence-corrected chi connectivity index (χ0v) is 12.8. The van der Waals surface area contributed by atoms with Crippen molar-refractivity contribution in [1.29, 1.82) is 0 Å². The molecule has 1 aromatic carbocycles. The second-order valence-electron chi connectivity index (χ2n) is 6.87. The van der Waals surface area contributed by atoms with Crippen molar-refractivity contribution >= 4 is 16.7 Å². The molecule has 0 saturated carbocycles. The molecule has 1 heterocycles. The summed E-state index contributed by atoms with van der Waals surface area (Å²) in [6, 6.07) is 9.64. The highest BCUT2D eigenvalue weighted by Gasteiger charge is 2.19. The number of Topliss-reactive ketones (excluding diaryl/α,β-unsaturated/α-hetero) is 1. The van der Waals surface area contributed by atoms with E-state index in [4.69, 9.17) is 0 Å². The monoisotopic (exact) mass is 269 g/mol. The molecule has 1 unspecified atom stereocenters. The summed E-state index contributed by atoms with van der Waals surface area (Å²) in [5, 5.41) is 0.961. The van der Waals surface area contributed by atoms with Crippen LogP contribution in [-0.2, 0) is 0 Å². The molecule has 20 heavy (non-hydrogen) atoms. The minimum atomic E-state index is 0.223. The number of carbonyl (C=O) groups is 1. The number of rotatable bonds is 4. The maximum Gasteiger partial charge on any atom is 0.163 e. The summed E-state index contributed by atoms with van der Waals surface area (Å²) in [4.78, 5) is 16.8. The van der Waals surface area contributed by atoms with Gasteiger partial charge < -0.3 is 0 Å². The van der Waals surface area contributed by atoms with Crippen LogP contribution in [-0.4, -0.2) is 10.8 Å². The largest absolute Gasteiger partial charge is 0.294 e. The number of pyridine rings is 1. The van der Waals surface area contributed by atoms with Gasteiger partial charge in [-0.3, -0.25) is 9.78 Å². The lowest BCUT2D eigenvalue weighted by atomic mass is 9.82. The maximum atomic E-state index is 12.5. The Morgan fingerprint density at radius 2 is 1.95 bits per heavy atom. The van der Waals surface area contributed by atoms with Crippen LogP contribution in [0.4, 0.5) is 0 Å². The number of fused-ring (bicyclic) bond motifs is 1. The summed E-state index contributed by atoms with van der Waals surface area (Å²) in [7, 11) is 0. The Labute approximate surface area is 121 Å². The van der Waals surface area contributed by atoms with E-state index in [0.717, 1.165) is 22.9 Å². The lowest BCUT2D eigenvalue weighted by Crippen LogP contribution is -2.14. The highest BCUT2D eigenvalue weighted by atomic mass is 16.1. The Morgan fingerprint density at radius 3 is 2.65 bits per heavy atom. The summed E-state index contributed by atoms with van der Waals surface area (Å²) < 4.78 is 0. The van der Waals surface area contributed by atoms with Gasteiger partial charge in [0.2, 0.25) is 0 Å². The molecule has 0 aliphatic heterocycles. The first-order valence-electron chi connectivity index (χ1n) is 7.24. The van der Waals surface area contributed by atoms with Crippen LogP contribution in [0.15, 0.2) is 36.5 Å². The zero-order chi connectivity index (χ0) is 14.8. The molecular weight excluding hydrogens is 246 g/mol. The van der Waals surface area contributed by atoms with Crippen LogP contribution >= 0.6 is 0 Å². The standard InChI is InChI=1S/C18H23NO/c1-13(12-18(2,3)4)11-17(20)15-7-5-9-16-14(15)8-6-10-19-16/h5-10,13H,11-12H2,1-4H3. The summed E-state index contributed by atoms with van der Waals surface area (Å²) in [6.07, 6.45) is 3.42. The number of aromatic nitrogens is 1. The Kier molecular flexibility index (Phi) is 4.22. The fourth-order valence-corrected chi connectivity index (χ4v) is 2.89. The van der Waals surface area contributed by atoms with Crippen LogP contribution in [0.25, 0.3) is 10.9 Å². The molecule has 106 valence electrons. The summed E-state index contributed by atoms with van der Waals surface area (Å²) >= 11 is 0. The van der Waals surface area contributed by atoms with E-state index in [2.05, 4.69) is 32.7 Å². The summed E-state index contributed by atoms with van der Waals surface area (Å²) in [5.41, 5.74) is 1.96. The van der Waals surface area contributed by atoms with Gasteiger partial charge in [0.25, 0.3) is 0 Å². The van der Waals surface area contributed by atoms with Gasteiger partial charge in [0.15, 0.2) is 5.78 Å². The Balaban J connectivity index is 2.20. The van der Waals surface area contributed by atoms with Gasteiger partial charge in [-0.25, -0.2) is 0 Å². The zero-order valence-electron chi connectivity index (χ0n) is 12.8. The molecular formula is C18H23NO. The van der Waals surface area contributed by atoms with Crippen molar-refractivity contribution in [2.45, 2.75) is 40.5 Å². The average Bonchev–Trinajstić information content (AvgIpc) is 2.35. The fourth-order valence-electron chi connectivity index (χ4n) is 2.89. The lowest BCUT2D eigenvalue weighted by molar-refractivity contribution is 0.0956. The molecule has 0 saturated heterocycles. The van der Waals surface area contributed by atoms with Crippen LogP contribution in [0, 0.1) is 11.3 Å². The number of benzene rings is 1. The van der Waals surface area contributed by atoms with Crippen molar-refractivity contribution in [1.82, 2.24) is 4.98 Å². The van der Waals surface area contributed by atoms with Crippen molar-refractivity contribution in [2.24, 2.45) is 11.3 Å². The van der Waals surface area contributed by atoms with E-state index < -0.39 is 0 Å². The molecule has 2 nitrogen and oxygen atoms in total. The second-order valence-corrected chi connectivity index (χ2v) is 6.87. The topological polar surface area (TPSA) is 30.0 Å².